The van der Waals surface area contributed by atoms with Gasteiger partial charge >= 0.3 is 5.97 Å². The fourth-order valence-corrected chi connectivity index (χ4v) is 1.79. The Hall–Kier alpha value is -2.50. The Morgan fingerprint density at radius 1 is 1.30 bits per heavy atom. The van der Waals surface area contributed by atoms with Crippen LogP contribution in [0.4, 0.5) is 10.2 Å². The zero-order valence-electron chi connectivity index (χ0n) is 11.2. The summed E-state index contributed by atoms with van der Waals surface area (Å²) in [6.07, 6.45) is 0.364. The zero-order chi connectivity index (χ0) is 14.7. The molecule has 6 heteroatoms. The van der Waals surface area contributed by atoms with Gasteiger partial charge in [0, 0.05) is 6.42 Å². The first-order valence-electron chi connectivity index (χ1n) is 5.97. The molecule has 5 nitrogen and oxygen atoms in total. The molecule has 0 radical (unpaired) electrons. The number of ether oxygens (including phenoxy) is 1. The maximum absolute atomic E-state index is 12.9. The van der Waals surface area contributed by atoms with Crippen LogP contribution in [0.2, 0.25) is 0 Å². The second-order valence-electron chi connectivity index (χ2n) is 4.28. The van der Waals surface area contributed by atoms with Gasteiger partial charge in [0.2, 0.25) is 0 Å². The van der Waals surface area contributed by atoms with Gasteiger partial charge in [-0.1, -0.05) is 12.1 Å². The molecule has 0 amide bonds. The van der Waals surface area contributed by atoms with E-state index in [-0.39, 0.29) is 17.3 Å². The van der Waals surface area contributed by atoms with Gasteiger partial charge in [-0.2, -0.15) is 0 Å². The molecule has 0 saturated carbocycles. The number of anilines is 1. The SMILES string of the molecule is COC(=O)c1nc(Cc2ccc(F)cc2)c(N)nc1C. The van der Waals surface area contributed by atoms with Crippen LogP contribution in [0.25, 0.3) is 0 Å². The number of nitrogens with two attached hydrogens (primary N) is 1. The Balaban J connectivity index is 2.36. The molecule has 0 atom stereocenters. The van der Waals surface area contributed by atoms with Crippen LogP contribution in [0.3, 0.4) is 0 Å². The van der Waals surface area contributed by atoms with Gasteiger partial charge in [0.05, 0.1) is 18.5 Å². The number of hydrogen-bond donors (Lipinski definition) is 1. The molecule has 2 N–H and O–H groups in total. The number of nitrogen functional groups attached to an aromatic ring is 1. The molecule has 2 aromatic rings. The standard InChI is InChI=1S/C14H14FN3O2/c1-8-12(14(19)20-2)18-11(13(16)17-8)7-9-3-5-10(15)6-4-9/h3-6H,7H2,1-2H3,(H2,16,17). The van der Waals surface area contributed by atoms with E-state index in [2.05, 4.69) is 14.7 Å². The summed E-state index contributed by atoms with van der Waals surface area (Å²) in [4.78, 5) is 19.9. The number of aromatic nitrogens is 2. The lowest BCUT2D eigenvalue weighted by Crippen LogP contribution is -2.13. The van der Waals surface area contributed by atoms with Crippen molar-refractivity contribution in [2.75, 3.05) is 12.8 Å². The maximum Gasteiger partial charge on any atom is 0.358 e. The van der Waals surface area contributed by atoms with Crippen molar-refractivity contribution in [1.82, 2.24) is 9.97 Å². The molecule has 104 valence electrons. The van der Waals surface area contributed by atoms with Crippen LogP contribution in [0.5, 0.6) is 0 Å². The summed E-state index contributed by atoms with van der Waals surface area (Å²) in [6, 6.07) is 5.98. The molecular formula is C14H14FN3O2. The molecule has 0 aliphatic rings. The molecule has 0 saturated heterocycles. The number of carbonyl (C=O) groups is 1. The van der Waals surface area contributed by atoms with Gasteiger partial charge in [-0.15, -0.1) is 0 Å². The summed E-state index contributed by atoms with van der Waals surface area (Å²) in [6.45, 7) is 1.64. The molecule has 0 bridgehead atoms. The highest BCUT2D eigenvalue weighted by atomic mass is 19.1. The van der Waals surface area contributed by atoms with E-state index in [1.165, 1.54) is 19.2 Å². The Labute approximate surface area is 115 Å². The molecule has 0 spiro atoms. The van der Waals surface area contributed by atoms with E-state index in [1.54, 1.807) is 19.1 Å². The van der Waals surface area contributed by atoms with E-state index in [0.717, 1.165) is 5.56 Å². The van der Waals surface area contributed by atoms with Crippen molar-refractivity contribution in [3.05, 3.63) is 52.7 Å². The van der Waals surface area contributed by atoms with Crippen molar-refractivity contribution in [3.8, 4) is 0 Å². The Bertz CT molecular complexity index is 642. The van der Waals surface area contributed by atoms with Crippen LogP contribution >= 0.6 is 0 Å². The van der Waals surface area contributed by atoms with Gasteiger partial charge in [0.1, 0.15) is 11.6 Å². The normalized spacial score (nSPS) is 10.3. The number of halogens is 1. The largest absolute Gasteiger partial charge is 0.464 e. The van der Waals surface area contributed by atoms with Crippen molar-refractivity contribution in [2.45, 2.75) is 13.3 Å². The lowest BCUT2D eigenvalue weighted by Gasteiger charge is -2.09. The molecular weight excluding hydrogens is 261 g/mol. The number of esters is 1. The molecule has 0 unspecified atom stereocenters. The molecule has 1 heterocycles. The second kappa shape index (κ2) is 5.64. The highest BCUT2D eigenvalue weighted by Gasteiger charge is 2.16. The third-order valence-electron chi connectivity index (χ3n) is 2.84. The number of benzene rings is 1. The minimum Gasteiger partial charge on any atom is -0.464 e. The average Bonchev–Trinajstić information content (AvgIpc) is 2.43. The van der Waals surface area contributed by atoms with Crippen LogP contribution < -0.4 is 5.73 Å². The Morgan fingerprint density at radius 3 is 2.55 bits per heavy atom. The number of rotatable bonds is 3. The van der Waals surface area contributed by atoms with E-state index < -0.39 is 5.97 Å². The molecule has 1 aromatic heterocycles. The highest BCUT2D eigenvalue weighted by Crippen LogP contribution is 2.16. The average molecular weight is 275 g/mol. The number of aryl methyl sites for hydroxylation is 1. The van der Waals surface area contributed by atoms with Crippen molar-refractivity contribution < 1.29 is 13.9 Å². The van der Waals surface area contributed by atoms with E-state index in [0.29, 0.717) is 17.8 Å². The molecule has 0 fully saturated rings. The minimum absolute atomic E-state index is 0.138. The first-order chi connectivity index (χ1) is 9.51. The lowest BCUT2D eigenvalue weighted by atomic mass is 10.1. The van der Waals surface area contributed by atoms with Gasteiger partial charge in [-0.25, -0.2) is 19.2 Å². The molecule has 20 heavy (non-hydrogen) atoms. The number of carbonyl (C=O) groups excluding carboxylic acids is 1. The molecule has 0 aliphatic carbocycles. The fraction of sp³-hybridized carbons (Fsp3) is 0.214. The third-order valence-corrected chi connectivity index (χ3v) is 2.84. The summed E-state index contributed by atoms with van der Waals surface area (Å²) < 4.78 is 17.5. The molecule has 1 aromatic carbocycles. The van der Waals surface area contributed by atoms with Crippen molar-refractivity contribution in [2.24, 2.45) is 0 Å². The third kappa shape index (κ3) is 2.90. The van der Waals surface area contributed by atoms with E-state index >= 15 is 0 Å². The van der Waals surface area contributed by atoms with Crippen molar-refractivity contribution in [3.63, 3.8) is 0 Å². The number of hydrogen-bond acceptors (Lipinski definition) is 5. The second-order valence-corrected chi connectivity index (χ2v) is 4.28. The zero-order valence-corrected chi connectivity index (χ0v) is 11.2. The topological polar surface area (TPSA) is 78.1 Å². The molecule has 2 rings (SSSR count). The summed E-state index contributed by atoms with van der Waals surface area (Å²) in [7, 11) is 1.28. The Morgan fingerprint density at radius 2 is 1.95 bits per heavy atom. The van der Waals surface area contributed by atoms with Gasteiger partial charge < -0.3 is 10.5 Å². The van der Waals surface area contributed by atoms with E-state index in [1.807, 2.05) is 0 Å². The maximum atomic E-state index is 12.9. The van der Waals surface area contributed by atoms with Gasteiger partial charge in [-0.05, 0) is 24.6 Å². The molecule has 0 aliphatic heterocycles. The summed E-state index contributed by atoms with van der Waals surface area (Å²) in [5.41, 5.74) is 7.65. The van der Waals surface area contributed by atoms with Crippen LogP contribution in [0, 0.1) is 12.7 Å². The quantitative estimate of drug-likeness (QED) is 0.865. The van der Waals surface area contributed by atoms with Gasteiger partial charge in [-0.3, -0.25) is 0 Å². The highest BCUT2D eigenvalue weighted by molar-refractivity contribution is 5.88. The summed E-state index contributed by atoms with van der Waals surface area (Å²) in [5.74, 6) is -0.623. The van der Waals surface area contributed by atoms with Crippen LogP contribution in [-0.4, -0.2) is 23.0 Å². The monoisotopic (exact) mass is 275 g/mol. The van der Waals surface area contributed by atoms with Gasteiger partial charge in [0.15, 0.2) is 5.69 Å². The summed E-state index contributed by atoms with van der Waals surface area (Å²) >= 11 is 0. The van der Waals surface area contributed by atoms with Gasteiger partial charge in [0.25, 0.3) is 0 Å². The number of nitrogens with zero attached hydrogens (tertiary/aromatic N) is 2. The van der Waals surface area contributed by atoms with Crippen molar-refractivity contribution >= 4 is 11.8 Å². The predicted octanol–water partition coefficient (Wildman–Crippen LogP) is 1.88. The van der Waals surface area contributed by atoms with E-state index in [9.17, 15) is 9.18 Å². The van der Waals surface area contributed by atoms with Crippen LogP contribution in [0.1, 0.15) is 27.4 Å². The van der Waals surface area contributed by atoms with E-state index in [4.69, 9.17) is 5.73 Å². The minimum atomic E-state index is -0.560. The van der Waals surface area contributed by atoms with Crippen LogP contribution in [-0.2, 0) is 11.2 Å². The smallest absolute Gasteiger partial charge is 0.358 e. The van der Waals surface area contributed by atoms with Crippen molar-refractivity contribution in [1.29, 1.82) is 0 Å². The Kier molecular flexibility index (Phi) is 3.93. The summed E-state index contributed by atoms with van der Waals surface area (Å²) in [5, 5.41) is 0. The van der Waals surface area contributed by atoms with Crippen LogP contribution in [0.15, 0.2) is 24.3 Å². The predicted molar refractivity (Wildman–Crippen MR) is 71.7 cm³/mol. The number of methoxy groups -OCH3 is 1. The first kappa shape index (κ1) is 13.9. The lowest BCUT2D eigenvalue weighted by molar-refractivity contribution is 0.0592. The first-order valence-corrected chi connectivity index (χ1v) is 5.97. The fourth-order valence-electron chi connectivity index (χ4n) is 1.79.